The fourth-order valence-corrected chi connectivity index (χ4v) is 5.61. The lowest BCUT2D eigenvalue weighted by atomic mass is 9.87. The second-order valence-corrected chi connectivity index (χ2v) is 12.2. The quantitative estimate of drug-likeness (QED) is 0.375. The number of fused-ring (bicyclic) bond motifs is 1. The fraction of sp³-hybridized carbons (Fsp3) is 0.292. The van der Waals surface area contributed by atoms with Gasteiger partial charge in [-0.1, -0.05) is 38.2 Å². The van der Waals surface area contributed by atoms with Gasteiger partial charge in [-0.15, -0.1) is 0 Å². The lowest BCUT2D eigenvalue weighted by Crippen LogP contribution is -2.19. The summed E-state index contributed by atoms with van der Waals surface area (Å²) in [5.74, 6) is -0.974. The number of benzene rings is 2. The van der Waals surface area contributed by atoms with Crippen LogP contribution in [0, 0.1) is 12.7 Å². The first kappa shape index (κ1) is 24.0. The summed E-state index contributed by atoms with van der Waals surface area (Å²) < 4.78 is 40.6. The van der Waals surface area contributed by atoms with E-state index in [0.29, 0.717) is 16.6 Å². The van der Waals surface area contributed by atoms with Gasteiger partial charge in [0.05, 0.1) is 26.6 Å². The van der Waals surface area contributed by atoms with Crippen LogP contribution < -0.4 is 5.32 Å². The molecule has 0 spiro atoms. The van der Waals surface area contributed by atoms with Crippen LogP contribution in [0.3, 0.4) is 0 Å². The van der Waals surface area contributed by atoms with Crippen molar-refractivity contribution in [2.75, 3.05) is 11.1 Å². The lowest BCUT2D eigenvalue weighted by Gasteiger charge is -2.18. The van der Waals surface area contributed by atoms with Crippen LogP contribution in [-0.2, 0) is 20.0 Å². The molecule has 1 amide bonds. The van der Waals surface area contributed by atoms with Gasteiger partial charge in [0, 0.05) is 12.5 Å². The number of aromatic nitrogens is 3. The van der Waals surface area contributed by atoms with Crippen LogP contribution in [-0.4, -0.2) is 34.8 Å². The Kier molecular flexibility index (Phi) is 6.30. The van der Waals surface area contributed by atoms with Gasteiger partial charge >= 0.3 is 0 Å². The molecule has 0 fully saturated rings. The molecule has 2 aromatic carbocycles. The van der Waals surface area contributed by atoms with Gasteiger partial charge in [-0.2, -0.15) is 9.78 Å². The number of rotatable bonds is 6. The maximum atomic E-state index is 13.1. The van der Waals surface area contributed by atoms with Crippen molar-refractivity contribution < 1.29 is 17.6 Å². The van der Waals surface area contributed by atoms with Crippen molar-refractivity contribution in [3.63, 3.8) is 0 Å². The number of aryl methyl sites for hydroxylation is 1. The molecule has 0 saturated carbocycles. The molecule has 7 nitrogen and oxygen atoms in total. The summed E-state index contributed by atoms with van der Waals surface area (Å²) in [4.78, 5) is 17.2. The van der Waals surface area contributed by atoms with Crippen molar-refractivity contribution in [2.45, 2.75) is 44.4 Å². The van der Waals surface area contributed by atoms with E-state index >= 15 is 0 Å². The highest BCUT2D eigenvalue weighted by molar-refractivity contribution is 7.91. The Morgan fingerprint density at radius 3 is 2.50 bits per heavy atom. The van der Waals surface area contributed by atoms with Gasteiger partial charge in [0.25, 0.3) is 0 Å². The number of carbonyl (C=O) groups excluding carboxylic acids is 1. The number of hydrogen-bond acceptors (Lipinski definition) is 6. The highest BCUT2D eigenvalue weighted by atomic mass is 32.2. The van der Waals surface area contributed by atoms with Crippen molar-refractivity contribution in [1.29, 1.82) is 0 Å². The van der Waals surface area contributed by atoms with E-state index in [1.807, 2.05) is 6.07 Å². The molecule has 178 valence electrons. The Labute approximate surface area is 201 Å². The van der Waals surface area contributed by atoms with Crippen LogP contribution in [0.15, 0.2) is 53.4 Å². The molecular weight excluding hydrogens is 475 g/mol. The number of sulfone groups is 1. The van der Waals surface area contributed by atoms with Crippen LogP contribution in [0.2, 0.25) is 0 Å². The molecule has 0 aliphatic rings. The van der Waals surface area contributed by atoms with Crippen molar-refractivity contribution in [3.05, 3.63) is 65.6 Å². The third-order valence-corrected chi connectivity index (χ3v) is 8.02. The molecule has 4 aromatic rings. The Morgan fingerprint density at radius 2 is 1.82 bits per heavy atom. The van der Waals surface area contributed by atoms with Crippen molar-refractivity contribution in [1.82, 2.24) is 14.8 Å². The molecule has 0 unspecified atom stereocenters. The van der Waals surface area contributed by atoms with E-state index in [0.717, 1.165) is 22.3 Å². The van der Waals surface area contributed by atoms with E-state index in [1.54, 1.807) is 17.7 Å². The molecule has 0 bridgehead atoms. The van der Waals surface area contributed by atoms with Gasteiger partial charge in [-0.25, -0.2) is 17.8 Å². The first-order chi connectivity index (χ1) is 15.9. The number of anilines is 1. The van der Waals surface area contributed by atoms with E-state index in [4.69, 9.17) is 0 Å². The summed E-state index contributed by atoms with van der Waals surface area (Å²) in [5.41, 5.74) is 2.73. The number of hydrogen-bond donors (Lipinski definition) is 1. The number of amides is 1. The fourth-order valence-electron chi connectivity index (χ4n) is 3.40. The normalized spacial score (nSPS) is 12.3. The lowest BCUT2D eigenvalue weighted by molar-refractivity contribution is -0.115. The summed E-state index contributed by atoms with van der Waals surface area (Å²) in [6.07, 6.45) is -0.251. The van der Waals surface area contributed by atoms with Crippen molar-refractivity contribution in [3.8, 4) is 5.13 Å². The summed E-state index contributed by atoms with van der Waals surface area (Å²) in [5, 5.41) is 7.81. The van der Waals surface area contributed by atoms with E-state index in [9.17, 15) is 17.6 Å². The van der Waals surface area contributed by atoms with Gasteiger partial charge in [-0.3, -0.25) is 4.79 Å². The molecule has 0 saturated heterocycles. The molecule has 2 aromatic heterocycles. The molecule has 0 aliphatic heterocycles. The Hall–Kier alpha value is -3.11. The zero-order valence-electron chi connectivity index (χ0n) is 19.3. The predicted molar refractivity (Wildman–Crippen MR) is 132 cm³/mol. The highest BCUT2D eigenvalue weighted by Crippen LogP contribution is 2.31. The topological polar surface area (TPSA) is 94.0 Å². The number of thiazole rings is 1. The van der Waals surface area contributed by atoms with Gasteiger partial charge in [0.15, 0.2) is 9.84 Å². The van der Waals surface area contributed by atoms with Gasteiger partial charge in [-0.05, 0) is 54.3 Å². The SMILES string of the molecule is Cc1cc(NC(=O)CCS(=O)(=O)c2ccc(F)cc2)n(-c2nc3ccc(C(C)(C)C)cc3s2)n1. The zero-order valence-corrected chi connectivity index (χ0v) is 20.9. The Balaban J connectivity index is 1.52. The van der Waals surface area contributed by atoms with Crippen LogP contribution >= 0.6 is 11.3 Å². The summed E-state index contributed by atoms with van der Waals surface area (Å²) in [6, 6.07) is 12.4. The molecule has 1 N–H and O–H groups in total. The van der Waals surface area contributed by atoms with E-state index in [2.05, 4.69) is 48.3 Å². The second kappa shape index (κ2) is 8.92. The largest absolute Gasteiger partial charge is 0.310 e. The van der Waals surface area contributed by atoms with E-state index < -0.39 is 27.3 Å². The number of nitrogens with zero attached hydrogens (tertiary/aromatic N) is 3. The zero-order chi connectivity index (χ0) is 24.7. The van der Waals surface area contributed by atoms with Crippen molar-refractivity contribution >= 4 is 43.1 Å². The summed E-state index contributed by atoms with van der Waals surface area (Å²) >= 11 is 1.46. The summed E-state index contributed by atoms with van der Waals surface area (Å²) in [6.45, 7) is 8.25. The van der Waals surface area contributed by atoms with Crippen molar-refractivity contribution in [2.24, 2.45) is 0 Å². The summed E-state index contributed by atoms with van der Waals surface area (Å²) in [7, 11) is -3.72. The van der Waals surface area contributed by atoms with Crippen LogP contribution in [0.5, 0.6) is 0 Å². The average Bonchev–Trinajstić information content (AvgIpc) is 3.34. The first-order valence-corrected chi connectivity index (χ1v) is 13.2. The standard InChI is InChI=1S/C24H25FN4O3S2/c1-15-13-21(27-22(30)11-12-34(31,32)18-8-6-17(25)7-9-18)29(28-15)23-26-19-10-5-16(24(2,3)4)14-20(19)33-23/h5-10,13-14H,11-12H2,1-4H3,(H,27,30). The molecule has 34 heavy (non-hydrogen) atoms. The molecule has 4 rings (SSSR count). The molecule has 0 radical (unpaired) electrons. The maximum absolute atomic E-state index is 13.1. The maximum Gasteiger partial charge on any atom is 0.226 e. The Bertz CT molecular complexity index is 1470. The molecular formula is C24H25FN4O3S2. The van der Waals surface area contributed by atoms with E-state index in [1.165, 1.54) is 29.0 Å². The van der Waals surface area contributed by atoms with Crippen LogP contribution in [0.4, 0.5) is 10.2 Å². The van der Waals surface area contributed by atoms with Crippen LogP contribution in [0.1, 0.15) is 38.4 Å². The monoisotopic (exact) mass is 500 g/mol. The first-order valence-electron chi connectivity index (χ1n) is 10.7. The van der Waals surface area contributed by atoms with Gasteiger partial charge in [0.2, 0.25) is 11.0 Å². The minimum Gasteiger partial charge on any atom is -0.310 e. The molecule has 2 heterocycles. The second-order valence-electron chi connectivity index (χ2n) is 9.08. The van der Waals surface area contributed by atoms with E-state index in [-0.39, 0.29) is 16.7 Å². The third kappa shape index (κ3) is 5.18. The Morgan fingerprint density at radius 1 is 1.12 bits per heavy atom. The molecule has 0 atom stereocenters. The molecule has 0 aliphatic carbocycles. The number of halogens is 1. The number of carbonyl (C=O) groups is 1. The third-order valence-electron chi connectivity index (χ3n) is 5.29. The van der Waals surface area contributed by atoms with Crippen LogP contribution in [0.25, 0.3) is 15.3 Å². The average molecular weight is 501 g/mol. The van der Waals surface area contributed by atoms with Gasteiger partial charge < -0.3 is 5.32 Å². The minimum atomic E-state index is -3.72. The smallest absolute Gasteiger partial charge is 0.226 e. The predicted octanol–water partition coefficient (Wildman–Crippen LogP) is 5.03. The number of nitrogens with one attached hydrogen (secondary N) is 1. The highest BCUT2D eigenvalue weighted by Gasteiger charge is 2.20. The minimum absolute atomic E-state index is 0.00795. The van der Waals surface area contributed by atoms with Gasteiger partial charge in [0.1, 0.15) is 11.6 Å². The molecule has 10 heteroatoms.